The Morgan fingerprint density at radius 1 is 1.33 bits per heavy atom. The lowest BCUT2D eigenvalue weighted by Crippen LogP contribution is -2.27. The maximum absolute atomic E-state index is 12.7. The lowest BCUT2D eigenvalue weighted by atomic mass is 10.1. The predicted molar refractivity (Wildman–Crippen MR) is 80.1 cm³/mol. The SMILES string of the molecule is CN(C(=O)c1cnn2ccncc12)c1ccccc1CN. The fourth-order valence-electron chi connectivity index (χ4n) is 2.30. The van der Waals surface area contributed by atoms with Crippen LogP contribution in [0.5, 0.6) is 0 Å². The molecule has 3 rings (SSSR count). The van der Waals surface area contributed by atoms with Crippen molar-refractivity contribution in [2.45, 2.75) is 6.54 Å². The first-order valence-corrected chi connectivity index (χ1v) is 6.55. The zero-order valence-electron chi connectivity index (χ0n) is 11.6. The second kappa shape index (κ2) is 5.34. The van der Waals surface area contributed by atoms with E-state index in [0.29, 0.717) is 17.6 Å². The molecule has 0 unspecified atom stereocenters. The van der Waals surface area contributed by atoms with Crippen LogP contribution in [-0.4, -0.2) is 27.6 Å². The van der Waals surface area contributed by atoms with Gasteiger partial charge in [-0.05, 0) is 11.6 Å². The van der Waals surface area contributed by atoms with Crippen LogP contribution in [-0.2, 0) is 6.54 Å². The Hall–Kier alpha value is -2.73. The molecule has 0 fully saturated rings. The zero-order chi connectivity index (χ0) is 14.8. The van der Waals surface area contributed by atoms with Gasteiger partial charge in [-0.3, -0.25) is 9.78 Å². The number of hydrogen-bond donors (Lipinski definition) is 1. The average Bonchev–Trinajstić information content (AvgIpc) is 2.97. The number of nitrogens with two attached hydrogens (primary N) is 1. The summed E-state index contributed by atoms with van der Waals surface area (Å²) in [5.41, 5.74) is 8.64. The molecule has 106 valence electrons. The number of benzene rings is 1. The van der Waals surface area contributed by atoms with Crippen LogP contribution < -0.4 is 10.6 Å². The molecule has 6 heteroatoms. The highest BCUT2D eigenvalue weighted by Crippen LogP contribution is 2.21. The van der Waals surface area contributed by atoms with Crippen molar-refractivity contribution in [1.82, 2.24) is 14.6 Å². The number of nitrogens with zero attached hydrogens (tertiary/aromatic N) is 4. The van der Waals surface area contributed by atoms with E-state index in [1.54, 1.807) is 41.3 Å². The Labute approximate surface area is 121 Å². The summed E-state index contributed by atoms with van der Waals surface area (Å²) in [5, 5.41) is 4.16. The molecule has 0 aliphatic rings. The van der Waals surface area contributed by atoms with Crippen LogP contribution in [0.4, 0.5) is 5.69 Å². The molecule has 0 saturated carbocycles. The van der Waals surface area contributed by atoms with Crippen LogP contribution in [0.15, 0.2) is 49.1 Å². The number of hydrogen-bond acceptors (Lipinski definition) is 4. The molecule has 1 aromatic carbocycles. The third-order valence-electron chi connectivity index (χ3n) is 3.43. The van der Waals surface area contributed by atoms with Gasteiger partial charge in [0, 0.05) is 31.7 Å². The third kappa shape index (κ3) is 2.25. The number of carbonyl (C=O) groups is 1. The molecular weight excluding hydrogens is 266 g/mol. The molecule has 1 amide bonds. The summed E-state index contributed by atoms with van der Waals surface area (Å²) in [6.45, 7) is 0.379. The van der Waals surface area contributed by atoms with E-state index >= 15 is 0 Å². The van der Waals surface area contributed by atoms with Gasteiger partial charge in [0.15, 0.2) is 0 Å². The number of amides is 1. The van der Waals surface area contributed by atoms with Crippen molar-refractivity contribution >= 4 is 17.1 Å². The van der Waals surface area contributed by atoms with Gasteiger partial charge < -0.3 is 10.6 Å². The number of rotatable bonds is 3. The molecular formula is C15H15N5O. The molecule has 0 spiro atoms. The van der Waals surface area contributed by atoms with Crippen molar-refractivity contribution in [2.75, 3.05) is 11.9 Å². The van der Waals surface area contributed by atoms with Crippen molar-refractivity contribution in [1.29, 1.82) is 0 Å². The lowest BCUT2D eigenvalue weighted by Gasteiger charge is -2.19. The van der Waals surface area contributed by atoms with Crippen LogP contribution in [0.3, 0.4) is 0 Å². The molecule has 0 aliphatic carbocycles. The van der Waals surface area contributed by atoms with E-state index in [4.69, 9.17) is 5.73 Å². The summed E-state index contributed by atoms with van der Waals surface area (Å²) in [7, 11) is 1.73. The molecule has 2 heterocycles. The normalized spacial score (nSPS) is 10.8. The second-order valence-corrected chi connectivity index (χ2v) is 4.66. The molecule has 3 aromatic rings. The summed E-state index contributed by atoms with van der Waals surface area (Å²) in [6.07, 6.45) is 6.52. The van der Waals surface area contributed by atoms with Gasteiger partial charge in [-0.2, -0.15) is 5.10 Å². The van der Waals surface area contributed by atoms with Gasteiger partial charge in [0.1, 0.15) is 0 Å². The van der Waals surface area contributed by atoms with Gasteiger partial charge in [0.2, 0.25) is 0 Å². The minimum absolute atomic E-state index is 0.140. The first kappa shape index (κ1) is 13.3. The van der Waals surface area contributed by atoms with E-state index in [2.05, 4.69) is 10.1 Å². The fraction of sp³-hybridized carbons (Fsp3) is 0.133. The highest BCUT2D eigenvalue weighted by atomic mass is 16.2. The molecule has 0 atom stereocenters. The van der Waals surface area contributed by atoms with Gasteiger partial charge in [-0.1, -0.05) is 18.2 Å². The Balaban J connectivity index is 2.02. The van der Waals surface area contributed by atoms with Gasteiger partial charge in [0.25, 0.3) is 5.91 Å². The number of carbonyl (C=O) groups excluding carboxylic acids is 1. The Morgan fingerprint density at radius 3 is 2.95 bits per heavy atom. The van der Waals surface area contributed by atoms with Gasteiger partial charge in [0.05, 0.1) is 23.5 Å². The molecule has 0 bridgehead atoms. The van der Waals surface area contributed by atoms with E-state index in [0.717, 1.165) is 11.3 Å². The van der Waals surface area contributed by atoms with E-state index in [1.807, 2.05) is 24.3 Å². The Morgan fingerprint density at radius 2 is 2.14 bits per heavy atom. The maximum atomic E-state index is 12.7. The monoisotopic (exact) mass is 281 g/mol. The summed E-state index contributed by atoms with van der Waals surface area (Å²) in [6, 6.07) is 7.58. The first-order valence-electron chi connectivity index (χ1n) is 6.55. The van der Waals surface area contributed by atoms with Crippen molar-refractivity contribution in [3.8, 4) is 0 Å². The van der Waals surface area contributed by atoms with Crippen LogP contribution in [0.1, 0.15) is 15.9 Å². The topological polar surface area (TPSA) is 76.5 Å². The number of fused-ring (bicyclic) bond motifs is 1. The van der Waals surface area contributed by atoms with E-state index in [-0.39, 0.29) is 5.91 Å². The highest BCUT2D eigenvalue weighted by molar-refractivity contribution is 6.10. The van der Waals surface area contributed by atoms with Crippen LogP contribution in [0.25, 0.3) is 5.52 Å². The van der Waals surface area contributed by atoms with Crippen LogP contribution >= 0.6 is 0 Å². The summed E-state index contributed by atoms with van der Waals surface area (Å²) >= 11 is 0. The van der Waals surface area contributed by atoms with Crippen molar-refractivity contribution in [2.24, 2.45) is 5.73 Å². The van der Waals surface area contributed by atoms with Crippen molar-refractivity contribution < 1.29 is 4.79 Å². The third-order valence-corrected chi connectivity index (χ3v) is 3.43. The summed E-state index contributed by atoms with van der Waals surface area (Å²) in [4.78, 5) is 18.3. The van der Waals surface area contributed by atoms with Gasteiger partial charge in [-0.15, -0.1) is 0 Å². The molecule has 0 saturated heterocycles. The quantitative estimate of drug-likeness (QED) is 0.788. The van der Waals surface area contributed by atoms with E-state index in [9.17, 15) is 4.79 Å². The van der Waals surface area contributed by atoms with Crippen molar-refractivity contribution in [3.05, 3.63) is 60.2 Å². The maximum Gasteiger partial charge on any atom is 0.261 e. The summed E-state index contributed by atoms with van der Waals surface area (Å²) < 4.78 is 1.63. The minimum atomic E-state index is -0.140. The zero-order valence-corrected chi connectivity index (χ0v) is 11.6. The van der Waals surface area contributed by atoms with Crippen LogP contribution in [0, 0.1) is 0 Å². The predicted octanol–water partition coefficient (Wildman–Crippen LogP) is 1.46. The molecule has 2 N–H and O–H groups in total. The van der Waals surface area contributed by atoms with Crippen LogP contribution in [0.2, 0.25) is 0 Å². The standard InChI is InChI=1S/C15H15N5O/c1-19(13-5-3-2-4-11(13)8-16)15(21)12-9-18-20-7-6-17-10-14(12)20/h2-7,9-10H,8,16H2,1H3. The largest absolute Gasteiger partial charge is 0.326 e. The molecule has 2 aromatic heterocycles. The van der Waals surface area contributed by atoms with E-state index < -0.39 is 0 Å². The molecule has 0 radical (unpaired) electrons. The average molecular weight is 281 g/mol. The summed E-state index contributed by atoms with van der Waals surface area (Å²) in [5.74, 6) is -0.140. The lowest BCUT2D eigenvalue weighted by molar-refractivity contribution is 0.0994. The number of aromatic nitrogens is 3. The molecule has 6 nitrogen and oxygen atoms in total. The van der Waals surface area contributed by atoms with Crippen molar-refractivity contribution in [3.63, 3.8) is 0 Å². The number of para-hydroxylation sites is 1. The first-order chi connectivity index (χ1) is 10.2. The Kier molecular flexibility index (Phi) is 3.37. The van der Waals surface area contributed by atoms with Gasteiger partial charge in [-0.25, -0.2) is 4.52 Å². The highest BCUT2D eigenvalue weighted by Gasteiger charge is 2.19. The minimum Gasteiger partial charge on any atom is -0.326 e. The molecule has 21 heavy (non-hydrogen) atoms. The van der Waals surface area contributed by atoms with Gasteiger partial charge >= 0.3 is 0 Å². The smallest absolute Gasteiger partial charge is 0.261 e. The second-order valence-electron chi connectivity index (χ2n) is 4.66. The molecule has 0 aliphatic heterocycles. The Bertz CT molecular complexity index is 795. The fourth-order valence-corrected chi connectivity index (χ4v) is 2.30. The van der Waals surface area contributed by atoms with E-state index in [1.165, 1.54) is 0 Å². The number of anilines is 1.